The Morgan fingerprint density at radius 1 is 0.750 bits per heavy atom. The number of fused-ring (bicyclic) bond motifs is 6. The first kappa shape index (κ1) is 21.1. The van der Waals surface area contributed by atoms with Gasteiger partial charge in [0.15, 0.2) is 0 Å². The van der Waals surface area contributed by atoms with Crippen LogP contribution in [0.1, 0.15) is 5.56 Å². The van der Waals surface area contributed by atoms with Crippen molar-refractivity contribution in [1.29, 1.82) is 0 Å². The van der Waals surface area contributed by atoms with Crippen molar-refractivity contribution in [1.82, 2.24) is 4.57 Å². The van der Waals surface area contributed by atoms with Crippen molar-refractivity contribution in [3.05, 3.63) is 108 Å². The van der Waals surface area contributed by atoms with Gasteiger partial charge in [-0.05, 0) is 65.2 Å². The number of hydrogen-bond acceptors (Lipinski definition) is 2. The highest BCUT2D eigenvalue weighted by molar-refractivity contribution is 6.38. The maximum Gasteiger partial charge on any atom is 0.213 e. The molecule has 0 radical (unpaired) electrons. The fourth-order valence-corrected chi connectivity index (χ4v) is 5.57. The second-order valence-electron chi connectivity index (χ2n) is 9.23. The van der Waals surface area contributed by atoms with Crippen molar-refractivity contribution in [3.63, 3.8) is 0 Å². The molecule has 0 N–H and O–H groups in total. The van der Waals surface area contributed by atoms with Gasteiger partial charge < -0.3 is 9.15 Å². The number of furan rings is 1. The number of aromatic nitrogens is 1. The number of benzene rings is 5. The van der Waals surface area contributed by atoms with E-state index in [9.17, 15) is 0 Å². The summed E-state index contributed by atoms with van der Waals surface area (Å²) < 4.78 is 14.1. The highest BCUT2D eigenvalue weighted by atomic mass is 35.5. The summed E-state index contributed by atoms with van der Waals surface area (Å²) >= 11 is 7.06. The molecule has 0 saturated heterocycles. The van der Waals surface area contributed by atoms with E-state index in [1.54, 1.807) is 7.11 Å². The fourth-order valence-electron chi connectivity index (χ4n) is 5.26. The minimum absolute atomic E-state index is 0.684. The third-order valence-corrected chi connectivity index (χ3v) is 7.27. The number of halogens is 1. The minimum atomic E-state index is 0.684. The van der Waals surface area contributed by atoms with Gasteiger partial charge in [-0.1, -0.05) is 71.8 Å². The van der Waals surface area contributed by atoms with E-state index >= 15 is 0 Å². The summed E-state index contributed by atoms with van der Waals surface area (Å²) in [6, 6.07) is 33.6. The third kappa shape index (κ3) is 3.13. The van der Waals surface area contributed by atoms with Crippen molar-refractivity contribution in [3.8, 4) is 22.6 Å². The van der Waals surface area contributed by atoms with Crippen LogP contribution in [0.25, 0.3) is 60.6 Å². The molecule has 2 aromatic heterocycles. The van der Waals surface area contributed by atoms with Gasteiger partial charge in [0.2, 0.25) is 5.71 Å². The Labute approximate surface area is 213 Å². The molecule has 0 saturated carbocycles. The maximum atomic E-state index is 7.06. The van der Waals surface area contributed by atoms with Crippen LogP contribution >= 0.6 is 11.6 Å². The molecule has 0 bridgehead atoms. The molecule has 0 aliphatic carbocycles. The SMILES string of the molecule is COc1ccc2c(c1)oc1c2c2cc(-c3ccccc3)cc(Cl)c2n1-c1ccc2ccc(C)cc2c1. The molecule has 0 fully saturated rings. The van der Waals surface area contributed by atoms with Crippen molar-refractivity contribution >= 4 is 55.3 Å². The minimum Gasteiger partial charge on any atom is -0.497 e. The van der Waals surface area contributed by atoms with Crippen LogP contribution in [0.4, 0.5) is 0 Å². The monoisotopic (exact) mass is 487 g/mol. The van der Waals surface area contributed by atoms with Crippen molar-refractivity contribution in [2.75, 3.05) is 7.11 Å². The lowest BCUT2D eigenvalue weighted by atomic mass is 10.0. The number of methoxy groups -OCH3 is 1. The molecule has 0 aliphatic rings. The van der Waals surface area contributed by atoms with Gasteiger partial charge >= 0.3 is 0 Å². The van der Waals surface area contributed by atoms with Crippen LogP contribution in [0, 0.1) is 6.92 Å². The fraction of sp³-hybridized carbons (Fsp3) is 0.0625. The van der Waals surface area contributed by atoms with Gasteiger partial charge in [0.05, 0.1) is 23.0 Å². The summed E-state index contributed by atoms with van der Waals surface area (Å²) in [5, 5.41) is 6.20. The number of ether oxygens (including phenoxy) is 1. The van der Waals surface area contributed by atoms with Gasteiger partial charge in [-0.25, -0.2) is 0 Å². The van der Waals surface area contributed by atoms with Crippen molar-refractivity contribution in [2.45, 2.75) is 6.92 Å². The lowest BCUT2D eigenvalue weighted by molar-refractivity contribution is 0.414. The number of aryl methyl sites for hydroxylation is 1. The summed E-state index contributed by atoms with van der Waals surface area (Å²) in [5.41, 5.74) is 6.93. The van der Waals surface area contributed by atoms with Crippen LogP contribution in [-0.4, -0.2) is 11.7 Å². The molecule has 3 nitrogen and oxygen atoms in total. The highest BCUT2D eigenvalue weighted by Crippen LogP contribution is 2.44. The maximum absolute atomic E-state index is 7.06. The second-order valence-corrected chi connectivity index (χ2v) is 9.64. The van der Waals surface area contributed by atoms with Crippen LogP contribution in [0.5, 0.6) is 5.75 Å². The molecular weight excluding hydrogens is 466 g/mol. The van der Waals surface area contributed by atoms with Gasteiger partial charge in [-0.15, -0.1) is 0 Å². The summed E-state index contributed by atoms with van der Waals surface area (Å²) in [5.74, 6) is 0.763. The molecule has 0 aliphatic heterocycles. The summed E-state index contributed by atoms with van der Waals surface area (Å²) in [6.45, 7) is 2.12. The van der Waals surface area contributed by atoms with E-state index in [0.29, 0.717) is 5.02 Å². The molecule has 5 aromatic carbocycles. The van der Waals surface area contributed by atoms with Crippen LogP contribution in [0.2, 0.25) is 5.02 Å². The normalized spacial score (nSPS) is 11.8. The van der Waals surface area contributed by atoms with Gasteiger partial charge in [0.25, 0.3) is 0 Å². The van der Waals surface area contributed by atoms with E-state index in [1.807, 2.05) is 36.4 Å². The molecule has 36 heavy (non-hydrogen) atoms. The summed E-state index contributed by atoms with van der Waals surface area (Å²) in [4.78, 5) is 0. The average Bonchev–Trinajstić information content (AvgIpc) is 3.43. The number of nitrogens with zero attached hydrogens (tertiary/aromatic N) is 1. The van der Waals surface area contributed by atoms with Crippen molar-refractivity contribution in [2.24, 2.45) is 0 Å². The Kier molecular flexibility index (Phi) is 4.63. The molecular formula is C32H22ClNO2. The average molecular weight is 488 g/mol. The van der Waals surface area contributed by atoms with Gasteiger partial charge in [0.1, 0.15) is 11.3 Å². The first-order valence-corrected chi connectivity index (χ1v) is 12.3. The van der Waals surface area contributed by atoms with Crippen LogP contribution in [0.3, 0.4) is 0 Å². The van der Waals surface area contributed by atoms with Gasteiger partial charge in [-0.2, -0.15) is 0 Å². The first-order chi connectivity index (χ1) is 17.6. The Morgan fingerprint density at radius 2 is 1.58 bits per heavy atom. The van der Waals surface area contributed by atoms with Gasteiger partial charge in [0, 0.05) is 22.5 Å². The summed E-state index contributed by atoms with van der Waals surface area (Å²) in [6.07, 6.45) is 0. The second kappa shape index (κ2) is 7.91. The van der Waals surface area contributed by atoms with E-state index < -0.39 is 0 Å². The smallest absolute Gasteiger partial charge is 0.213 e. The Balaban J connectivity index is 1.62. The zero-order valence-corrected chi connectivity index (χ0v) is 20.6. The lowest BCUT2D eigenvalue weighted by Crippen LogP contribution is -1.94. The third-order valence-electron chi connectivity index (χ3n) is 6.98. The highest BCUT2D eigenvalue weighted by Gasteiger charge is 2.22. The van der Waals surface area contributed by atoms with Crippen LogP contribution < -0.4 is 4.74 Å². The molecule has 2 heterocycles. The Hall–Kier alpha value is -4.21. The lowest BCUT2D eigenvalue weighted by Gasteiger charge is -2.11. The number of rotatable bonds is 3. The molecule has 0 amide bonds. The molecule has 4 heteroatoms. The first-order valence-electron chi connectivity index (χ1n) is 11.9. The molecule has 0 spiro atoms. The molecule has 7 rings (SSSR count). The number of hydrogen-bond donors (Lipinski definition) is 0. The Bertz CT molecular complexity index is 1950. The van der Waals surface area contributed by atoms with Crippen LogP contribution in [0.15, 0.2) is 101 Å². The van der Waals surface area contributed by atoms with E-state index in [4.69, 9.17) is 20.8 Å². The van der Waals surface area contributed by atoms with Crippen molar-refractivity contribution < 1.29 is 9.15 Å². The summed E-state index contributed by atoms with van der Waals surface area (Å²) in [7, 11) is 1.67. The molecule has 0 unspecified atom stereocenters. The Morgan fingerprint density at radius 3 is 2.42 bits per heavy atom. The predicted octanol–water partition coefficient (Wildman–Crippen LogP) is 9.32. The predicted molar refractivity (Wildman–Crippen MR) is 150 cm³/mol. The van der Waals surface area contributed by atoms with E-state index in [2.05, 4.69) is 72.2 Å². The molecule has 174 valence electrons. The zero-order valence-electron chi connectivity index (χ0n) is 19.9. The van der Waals surface area contributed by atoms with E-state index in [1.165, 1.54) is 16.3 Å². The van der Waals surface area contributed by atoms with Crippen LogP contribution in [-0.2, 0) is 0 Å². The topological polar surface area (TPSA) is 27.3 Å². The van der Waals surface area contributed by atoms with E-state index in [-0.39, 0.29) is 0 Å². The van der Waals surface area contributed by atoms with Gasteiger partial charge in [-0.3, -0.25) is 4.57 Å². The quantitative estimate of drug-likeness (QED) is 0.248. The molecule has 0 atom stereocenters. The largest absolute Gasteiger partial charge is 0.497 e. The standard InChI is InChI=1S/C32H22ClNO2/c1-19-8-9-21-10-11-24(15-22(21)14-19)34-31-27(16-23(17-28(31)33)20-6-4-3-5-7-20)30-26-13-12-25(35-2)18-29(26)36-32(30)34/h3-18H,1-2H3. The van der Waals surface area contributed by atoms with E-state index in [0.717, 1.165) is 55.5 Å². The zero-order chi connectivity index (χ0) is 24.4. The molecule has 7 aromatic rings.